The molecule has 0 spiro atoms. The van der Waals surface area contributed by atoms with Gasteiger partial charge in [0.2, 0.25) is 0 Å². The SMILES string of the molecule is c1ccc(-c2ccc(-n3c4ccccc4c4c5ccc(-c6ccc7ccc8c(c7c6)c6ccccc6n8-c6ccccc6)cc5ccc43)cc2)cc1. The Hall–Kier alpha value is -6.90. The summed E-state index contributed by atoms with van der Waals surface area (Å²) in [6, 6.07) is 70.9. The van der Waals surface area contributed by atoms with E-state index in [4.69, 9.17) is 0 Å². The normalized spacial score (nSPS) is 11.8. The van der Waals surface area contributed by atoms with Crippen molar-refractivity contribution < 1.29 is 0 Å². The van der Waals surface area contributed by atoms with Crippen molar-refractivity contribution in [2.75, 3.05) is 0 Å². The van der Waals surface area contributed by atoms with Crippen molar-refractivity contribution in [3.05, 3.63) is 194 Å². The van der Waals surface area contributed by atoms with Crippen LogP contribution in [0.15, 0.2) is 194 Å². The maximum atomic E-state index is 2.41. The van der Waals surface area contributed by atoms with E-state index in [1.165, 1.54) is 93.1 Å². The molecule has 9 aromatic carbocycles. The van der Waals surface area contributed by atoms with E-state index in [9.17, 15) is 0 Å². The monoisotopic (exact) mass is 660 g/mol. The highest BCUT2D eigenvalue weighted by atomic mass is 15.0. The second-order valence-corrected chi connectivity index (χ2v) is 13.7. The molecule has 0 aliphatic heterocycles. The van der Waals surface area contributed by atoms with Crippen LogP contribution in [0.3, 0.4) is 0 Å². The third kappa shape index (κ3) is 4.31. The molecule has 2 heterocycles. The second-order valence-electron chi connectivity index (χ2n) is 13.7. The van der Waals surface area contributed by atoms with Crippen molar-refractivity contribution in [1.82, 2.24) is 9.13 Å². The highest BCUT2D eigenvalue weighted by molar-refractivity contribution is 6.23. The summed E-state index contributed by atoms with van der Waals surface area (Å²) in [5.74, 6) is 0. The fourth-order valence-electron chi connectivity index (χ4n) is 8.51. The summed E-state index contributed by atoms with van der Waals surface area (Å²) >= 11 is 0. The van der Waals surface area contributed by atoms with E-state index in [0.29, 0.717) is 0 Å². The minimum Gasteiger partial charge on any atom is -0.309 e. The van der Waals surface area contributed by atoms with Crippen LogP contribution in [-0.2, 0) is 0 Å². The summed E-state index contributed by atoms with van der Waals surface area (Å²) in [5, 5.41) is 10.2. The first-order valence-corrected chi connectivity index (χ1v) is 17.9. The molecule has 2 heteroatoms. The number of hydrogen-bond acceptors (Lipinski definition) is 0. The molecule has 0 aliphatic rings. The lowest BCUT2D eigenvalue weighted by atomic mass is 9.95. The van der Waals surface area contributed by atoms with Gasteiger partial charge in [-0.2, -0.15) is 0 Å². The predicted octanol–water partition coefficient (Wildman–Crippen LogP) is 13.5. The van der Waals surface area contributed by atoms with Gasteiger partial charge in [0.25, 0.3) is 0 Å². The van der Waals surface area contributed by atoms with E-state index in [2.05, 4.69) is 203 Å². The lowest BCUT2D eigenvalue weighted by Crippen LogP contribution is -1.93. The molecule has 0 fully saturated rings. The van der Waals surface area contributed by atoms with E-state index in [-0.39, 0.29) is 0 Å². The van der Waals surface area contributed by atoms with Crippen LogP contribution in [0.2, 0.25) is 0 Å². The van der Waals surface area contributed by atoms with E-state index in [1.807, 2.05) is 0 Å². The molecule has 0 N–H and O–H groups in total. The van der Waals surface area contributed by atoms with Crippen LogP contribution >= 0.6 is 0 Å². The molecule has 0 unspecified atom stereocenters. The molecule has 0 saturated carbocycles. The smallest absolute Gasteiger partial charge is 0.0547 e. The highest BCUT2D eigenvalue weighted by Crippen LogP contribution is 2.41. The molecule has 52 heavy (non-hydrogen) atoms. The lowest BCUT2D eigenvalue weighted by Gasteiger charge is -2.11. The highest BCUT2D eigenvalue weighted by Gasteiger charge is 2.17. The van der Waals surface area contributed by atoms with Gasteiger partial charge in [0.05, 0.1) is 22.1 Å². The maximum Gasteiger partial charge on any atom is 0.0547 e. The standard InChI is InChI=1S/C50H32N2/c1-3-11-33(12-4-1)34-21-26-40(27-22-34)52-45-17-9-7-15-42(45)49-41-28-23-36(31-38(41)25-30-47(49)52)37-20-19-35-24-29-48-50(44(35)32-37)43-16-8-10-18-46(43)51(48)39-13-5-2-6-14-39/h1-32H. The van der Waals surface area contributed by atoms with E-state index < -0.39 is 0 Å². The number of rotatable bonds is 4. The van der Waals surface area contributed by atoms with Crippen molar-refractivity contribution in [2.45, 2.75) is 0 Å². The van der Waals surface area contributed by atoms with Gasteiger partial charge in [0, 0.05) is 32.9 Å². The molecular formula is C50H32N2. The molecule has 0 bridgehead atoms. The Balaban J connectivity index is 1.07. The molecule has 0 aliphatic carbocycles. The minimum atomic E-state index is 1.16. The molecule has 2 nitrogen and oxygen atoms in total. The molecule has 11 aromatic rings. The number of para-hydroxylation sites is 3. The summed E-state index contributed by atoms with van der Waals surface area (Å²) in [6.45, 7) is 0. The van der Waals surface area contributed by atoms with Crippen LogP contribution in [-0.4, -0.2) is 9.13 Å². The first-order chi connectivity index (χ1) is 25.8. The fraction of sp³-hybridized carbons (Fsp3) is 0. The van der Waals surface area contributed by atoms with Gasteiger partial charge in [-0.1, -0.05) is 133 Å². The third-order valence-electron chi connectivity index (χ3n) is 10.9. The third-order valence-corrected chi connectivity index (χ3v) is 10.9. The molecule has 2 aromatic heterocycles. The second kappa shape index (κ2) is 11.3. The Bertz CT molecular complexity index is 3150. The summed E-state index contributed by atoms with van der Waals surface area (Å²) in [7, 11) is 0. The van der Waals surface area contributed by atoms with Gasteiger partial charge in [0.1, 0.15) is 0 Å². The first-order valence-electron chi connectivity index (χ1n) is 17.9. The van der Waals surface area contributed by atoms with Gasteiger partial charge in [-0.25, -0.2) is 0 Å². The number of hydrogen-bond donors (Lipinski definition) is 0. The van der Waals surface area contributed by atoms with Crippen LogP contribution in [0.25, 0.3) is 98.8 Å². The van der Waals surface area contributed by atoms with Crippen molar-refractivity contribution in [1.29, 1.82) is 0 Å². The zero-order valence-corrected chi connectivity index (χ0v) is 28.4. The van der Waals surface area contributed by atoms with Gasteiger partial charge < -0.3 is 9.13 Å². The zero-order valence-electron chi connectivity index (χ0n) is 28.4. The Kier molecular flexibility index (Phi) is 6.28. The molecule has 0 radical (unpaired) electrons. The molecule has 0 amide bonds. The summed E-state index contributed by atoms with van der Waals surface area (Å²) in [5.41, 5.74) is 12.1. The summed E-state index contributed by atoms with van der Waals surface area (Å²) < 4.78 is 4.80. The Labute approximate surface area is 301 Å². The lowest BCUT2D eigenvalue weighted by molar-refractivity contribution is 1.18. The van der Waals surface area contributed by atoms with Gasteiger partial charge in [-0.05, 0) is 104 Å². The number of benzene rings is 9. The van der Waals surface area contributed by atoms with Crippen molar-refractivity contribution in [2.24, 2.45) is 0 Å². The number of aromatic nitrogens is 2. The zero-order chi connectivity index (χ0) is 34.2. The van der Waals surface area contributed by atoms with Crippen LogP contribution in [0.1, 0.15) is 0 Å². The Morgan fingerprint density at radius 1 is 0.250 bits per heavy atom. The molecule has 0 atom stereocenters. The van der Waals surface area contributed by atoms with E-state index in [1.54, 1.807) is 0 Å². The molecule has 0 saturated heterocycles. The van der Waals surface area contributed by atoms with Crippen LogP contribution in [0, 0.1) is 0 Å². The van der Waals surface area contributed by atoms with Gasteiger partial charge >= 0.3 is 0 Å². The Morgan fingerprint density at radius 3 is 1.42 bits per heavy atom. The number of fused-ring (bicyclic) bond motifs is 10. The van der Waals surface area contributed by atoms with Crippen molar-refractivity contribution >= 4 is 65.2 Å². The summed E-state index contributed by atoms with van der Waals surface area (Å²) in [4.78, 5) is 0. The minimum absolute atomic E-state index is 1.16. The average molecular weight is 661 g/mol. The Morgan fingerprint density at radius 2 is 0.731 bits per heavy atom. The van der Waals surface area contributed by atoms with Crippen molar-refractivity contribution in [3.63, 3.8) is 0 Å². The van der Waals surface area contributed by atoms with E-state index >= 15 is 0 Å². The summed E-state index contributed by atoms with van der Waals surface area (Å²) in [6.07, 6.45) is 0. The molecule has 242 valence electrons. The van der Waals surface area contributed by atoms with Crippen LogP contribution in [0.4, 0.5) is 0 Å². The van der Waals surface area contributed by atoms with Crippen LogP contribution in [0.5, 0.6) is 0 Å². The van der Waals surface area contributed by atoms with Crippen molar-refractivity contribution in [3.8, 4) is 33.6 Å². The number of nitrogens with zero attached hydrogens (tertiary/aromatic N) is 2. The first kappa shape index (κ1) is 28.9. The van der Waals surface area contributed by atoms with E-state index in [0.717, 1.165) is 5.69 Å². The maximum absolute atomic E-state index is 2.41. The fourth-order valence-corrected chi connectivity index (χ4v) is 8.51. The van der Waals surface area contributed by atoms with Gasteiger partial charge in [0.15, 0.2) is 0 Å². The molecular weight excluding hydrogens is 629 g/mol. The largest absolute Gasteiger partial charge is 0.309 e. The average Bonchev–Trinajstić information content (AvgIpc) is 3.75. The van der Waals surface area contributed by atoms with Gasteiger partial charge in [-0.15, -0.1) is 0 Å². The molecule has 11 rings (SSSR count). The topological polar surface area (TPSA) is 9.86 Å². The van der Waals surface area contributed by atoms with Crippen LogP contribution < -0.4 is 0 Å². The predicted molar refractivity (Wildman–Crippen MR) is 221 cm³/mol. The van der Waals surface area contributed by atoms with Gasteiger partial charge in [-0.3, -0.25) is 0 Å². The quantitative estimate of drug-likeness (QED) is 0.178.